The number of carbonyl (C=O) groups excluding carboxylic acids is 1. The molecule has 0 atom stereocenters. The molecule has 1 saturated heterocycles. The first-order valence-electron chi connectivity index (χ1n) is 6.63. The molecular weight excluding hydrogens is 253 g/mol. The summed E-state index contributed by atoms with van der Waals surface area (Å²) in [6, 6.07) is 7.43. The maximum atomic E-state index is 10.7. The van der Waals surface area contributed by atoms with Gasteiger partial charge in [0, 0.05) is 6.42 Å². The molecule has 2 rings (SSSR count). The molecular formula is C15H18BNO3. The lowest BCUT2D eigenvalue weighted by Gasteiger charge is -2.32. The standard InChI is InChI=1S/C15H18BNO3/c1-14(2)15(3,4)20-16(19-14)13-6-5-12(10-17)11(9-13)7-8-18/h5-6,8-9H,7H2,1-4H3. The molecule has 0 aliphatic carbocycles. The van der Waals surface area contributed by atoms with E-state index in [1.54, 1.807) is 6.07 Å². The first-order chi connectivity index (χ1) is 9.30. The predicted octanol–water partition coefficient (Wildman–Crippen LogP) is 1.60. The molecule has 0 amide bonds. The third kappa shape index (κ3) is 2.49. The van der Waals surface area contributed by atoms with Gasteiger partial charge in [-0.1, -0.05) is 12.1 Å². The summed E-state index contributed by atoms with van der Waals surface area (Å²) in [5.74, 6) is 0. The fourth-order valence-corrected chi connectivity index (χ4v) is 2.11. The maximum Gasteiger partial charge on any atom is 0.494 e. The first kappa shape index (κ1) is 14.8. The average molecular weight is 271 g/mol. The van der Waals surface area contributed by atoms with Gasteiger partial charge in [-0.05, 0) is 44.8 Å². The van der Waals surface area contributed by atoms with E-state index in [0.717, 1.165) is 11.7 Å². The first-order valence-corrected chi connectivity index (χ1v) is 6.63. The van der Waals surface area contributed by atoms with Crippen LogP contribution in [-0.2, 0) is 20.5 Å². The molecule has 0 radical (unpaired) electrons. The highest BCUT2D eigenvalue weighted by molar-refractivity contribution is 6.62. The van der Waals surface area contributed by atoms with Crippen LogP contribution in [0.1, 0.15) is 38.8 Å². The Labute approximate surface area is 119 Å². The Bertz CT molecular complexity index is 559. The second kappa shape index (κ2) is 5.04. The van der Waals surface area contributed by atoms with Gasteiger partial charge in [-0.15, -0.1) is 0 Å². The van der Waals surface area contributed by atoms with Crippen molar-refractivity contribution in [1.82, 2.24) is 0 Å². The number of carbonyl (C=O) groups is 1. The van der Waals surface area contributed by atoms with Crippen molar-refractivity contribution in [3.63, 3.8) is 0 Å². The zero-order valence-electron chi connectivity index (χ0n) is 12.3. The van der Waals surface area contributed by atoms with Crippen LogP contribution in [0.5, 0.6) is 0 Å². The number of benzene rings is 1. The van der Waals surface area contributed by atoms with Gasteiger partial charge in [-0.25, -0.2) is 0 Å². The van der Waals surface area contributed by atoms with Gasteiger partial charge in [-0.3, -0.25) is 0 Å². The lowest BCUT2D eigenvalue weighted by molar-refractivity contribution is -0.107. The van der Waals surface area contributed by atoms with Crippen LogP contribution < -0.4 is 5.46 Å². The molecule has 1 aromatic rings. The van der Waals surface area contributed by atoms with E-state index in [9.17, 15) is 4.79 Å². The highest BCUT2D eigenvalue weighted by Gasteiger charge is 2.51. The summed E-state index contributed by atoms with van der Waals surface area (Å²) < 4.78 is 11.9. The second-order valence-electron chi connectivity index (χ2n) is 5.99. The van der Waals surface area contributed by atoms with Crippen LogP contribution in [0.25, 0.3) is 0 Å². The SMILES string of the molecule is CC1(C)OB(c2ccc(C#N)c(CC=O)c2)OC1(C)C. The summed E-state index contributed by atoms with van der Waals surface area (Å²) in [4.78, 5) is 10.7. The fourth-order valence-electron chi connectivity index (χ4n) is 2.11. The minimum atomic E-state index is -0.474. The van der Waals surface area contributed by atoms with Crippen molar-refractivity contribution in [2.75, 3.05) is 0 Å². The number of hydrogen-bond donors (Lipinski definition) is 0. The van der Waals surface area contributed by atoms with Gasteiger partial charge < -0.3 is 14.1 Å². The highest BCUT2D eigenvalue weighted by atomic mass is 16.7. The number of aldehydes is 1. The van der Waals surface area contributed by atoms with Crippen molar-refractivity contribution in [3.8, 4) is 6.07 Å². The molecule has 1 fully saturated rings. The van der Waals surface area contributed by atoms with Crippen molar-refractivity contribution in [3.05, 3.63) is 29.3 Å². The van der Waals surface area contributed by atoms with Gasteiger partial charge in [0.05, 0.1) is 22.8 Å². The lowest BCUT2D eigenvalue weighted by atomic mass is 9.77. The third-order valence-electron chi connectivity index (χ3n) is 4.08. The van der Waals surface area contributed by atoms with E-state index in [4.69, 9.17) is 14.6 Å². The van der Waals surface area contributed by atoms with Crippen LogP contribution in [0.3, 0.4) is 0 Å². The number of hydrogen-bond acceptors (Lipinski definition) is 4. The summed E-state index contributed by atoms with van der Waals surface area (Å²) in [6.07, 6.45) is 1.01. The predicted molar refractivity (Wildman–Crippen MR) is 76.6 cm³/mol. The van der Waals surface area contributed by atoms with E-state index in [0.29, 0.717) is 11.1 Å². The zero-order chi connectivity index (χ0) is 15.0. The van der Waals surface area contributed by atoms with E-state index < -0.39 is 18.3 Å². The molecule has 0 bridgehead atoms. The Hall–Kier alpha value is -1.64. The van der Waals surface area contributed by atoms with Crippen LogP contribution in [0.15, 0.2) is 18.2 Å². The van der Waals surface area contributed by atoms with Crippen LogP contribution in [0.4, 0.5) is 0 Å². The lowest BCUT2D eigenvalue weighted by Crippen LogP contribution is -2.41. The molecule has 0 N–H and O–H groups in total. The Morgan fingerprint density at radius 3 is 2.35 bits per heavy atom. The monoisotopic (exact) mass is 271 g/mol. The summed E-state index contributed by atoms with van der Waals surface area (Å²) >= 11 is 0. The van der Waals surface area contributed by atoms with E-state index in [2.05, 4.69) is 6.07 Å². The molecule has 20 heavy (non-hydrogen) atoms. The molecule has 104 valence electrons. The zero-order valence-corrected chi connectivity index (χ0v) is 12.3. The Kier molecular flexibility index (Phi) is 3.72. The molecule has 1 heterocycles. The second-order valence-corrected chi connectivity index (χ2v) is 5.99. The van der Waals surface area contributed by atoms with E-state index in [-0.39, 0.29) is 6.42 Å². The summed E-state index contributed by atoms with van der Waals surface area (Å²) in [5.41, 5.74) is 1.24. The smallest absolute Gasteiger partial charge is 0.399 e. The molecule has 0 saturated carbocycles. The van der Waals surface area contributed by atoms with Gasteiger partial charge in [0.2, 0.25) is 0 Å². The molecule has 0 unspecified atom stereocenters. The van der Waals surface area contributed by atoms with Gasteiger partial charge in [0.25, 0.3) is 0 Å². The topological polar surface area (TPSA) is 59.3 Å². The molecule has 0 spiro atoms. The number of nitriles is 1. The summed E-state index contributed by atoms with van der Waals surface area (Å²) in [7, 11) is -0.474. The summed E-state index contributed by atoms with van der Waals surface area (Å²) in [5, 5.41) is 9.04. The molecule has 4 nitrogen and oxygen atoms in total. The Morgan fingerprint density at radius 1 is 1.25 bits per heavy atom. The van der Waals surface area contributed by atoms with Crippen LogP contribution in [0.2, 0.25) is 0 Å². The normalized spacial score (nSPS) is 19.6. The number of nitrogens with zero attached hydrogens (tertiary/aromatic N) is 1. The van der Waals surface area contributed by atoms with E-state index >= 15 is 0 Å². The minimum absolute atomic E-state index is 0.218. The molecule has 1 aromatic carbocycles. The van der Waals surface area contributed by atoms with Crippen molar-refractivity contribution < 1.29 is 14.1 Å². The fraction of sp³-hybridized carbons (Fsp3) is 0.467. The van der Waals surface area contributed by atoms with Crippen molar-refractivity contribution in [1.29, 1.82) is 5.26 Å². The molecule has 1 aliphatic heterocycles. The van der Waals surface area contributed by atoms with Crippen molar-refractivity contribution >= 4 is 18.9 Å². The maximum absolute atomic E-state index is 10.7. The molecule has 1 aliphatic rings. The Morgan fingerprint density at radius 2 is 1.85 bits per heavy atom. The van der Waals surface area contributed by atoms with Crippen molar-refractivity contribution in [2.24, 2.45) is 0 Å². The van der Waals surface area contributed by atoms with Crippen LogP contribution >= 0.6 is 0 Å². The largest absolute Gasteiger partial charge is 0.494 e. The average Bonchev–Trinajstić information content (AvgIpc) is 2.59. The Balaban J connectivity index is 2.34. The van der Waals surface area contributed by atoms with E-state index in [1.807, 2.05) is 39.8 Å². The number of rotatable bonds is 3. The quantitative estimate of drug-likeness (QED) is 0.619. The van der Waals surface area contributed by atoms with E-state index in [1.165, 1.54) is 0 Å². The van der Waals surface area contributed by atoms with Gasteiger partial charge >= 0.3 is 7.12 Å². The van der Waals surface area contributed by atoms with Gasteiger partial charge in [0.15, 0.2) is 0 Å². The van der Waals surface area contributed by atoms with Gasteiger partial charge in [-0.2, -0.15) is 5.26 Å². The minimum Gasteiger partial charge on any atom is -0.399 e. The highest BCUT2D eigenvalue weighted by Crippen LogP contribution is 2.36. The third-order valence-corrected chi connectivity index (χ3v) is 4.08. The molecule has 5 heteroatoms. The van der Waals surface area contributed by atoms with Gasteiger partial charge in [0.1, 0.15) is 6.29 Å². The molecule has 0 aromatic heterocycles. The van der Waals surface area contributed by atoms with Crippen LogP contribution in [-0.4, -0.2) is 24.6 Å². The van der Waals surface area contributed by atoms with Crippen molar-refractivity contribution in [2.45, 2.75) is 45.3 Å². The summed E-state index contributed by atoms with van der Waals surface area (Å²) in [6.45, 7) is 7.96. The van der Waals surface area contributed by atoms with Crippen LogP contribution in [0, 0.1) is 11.3 Å².